The van der Waals surface area contributed by atoms with Crippen LogP contribution < -0.4 is 4.74 Å². The highest BCUT2D eigenvalue weighted by Gasteiger charge is 2.11. The Balaban J connectivity index is 1.64. The summed E-state index contributed by atoms with van der Waals surface area (Å²) in [7, 11) is 0. The second kappa shape index (κ2) is 7.40. The van der Waals surface area contributed by atoms with Crippen LogP contribution in [0.2, 0.25) is 0 Å². The predicted octanol–water partition coefficient (Wildman–Crippen LogP) is 4.47. The van der Waals surface area contributed by atoms with E-state index in [1.807, 2.05) is 30.5 Å². The van der Waals surface area contributed by atoms with E-state index in [4.69, 9.17) is 4.74 Å². The molecule has 2 aromatic carbocycles. The molecule has 0 aliphatic carbocycles. The van der Waals surface area contributed by atoms with Crippen LogP contribution in [0.5, 0.6) is 5.75 Å². The normalized spacial score (nSPS) is 10.5. The van der Waals surface area contributed by atoms with Crippen LogP contribution in [0.15, 0.2) is 53.9 Å². The van der Waals surface area contributed by atoms with E-state index in [-0.39, 0.29) is 18.2 Å². The van der Waals surface area contributed by atoms with E-state index in [9.17, 15) is 9.59 Å². The molecule has 126 valence electrons. The summed E-state index contributed by atoms with van der Waals surface area (Å²) < 4.78 is 5.30. The molecule has 3 rings (SSSR count). The van der Waals surface area contributed by atoms with Crippen LogP contribution in [0.1, 0.15) is 28.5 Å². The highest BCUT2D eigenvalue weighted by Crippen LogP contribution is 2.25. The Morgan fingerprint density at radius 1 is 1.12 bits per heavy atom. The maximum atomic E-state index is 12.1. The molecule has 1 heterocycles. The van der Waals surface area contributed by atoms with Crippen molar-refractivity contribution in [2.75, 3.05) is 0 Å². The molecule has 0 spiro atoms. The molecular formula is C20H17NO3S. The molecule has 25 heavy (non-hydrogen) atoms. The van der Waals surface area contributed by atoms with Crippen molar-refractivity contribution in [1.29, 1.82) is 0 Å². The van der Waals surface area contributed by atoms with E-state index < -0.39 is 0 Å². The van der Waals surface area contributed by atoms with E-state index in [0.717, 1.165) is 10.6 Å². The van der Waals surface area contributed by atoms with Crippen molar-refractivity contribution in [1.82, 2.24) is 4.98 Å². The second-order valence-corrected chi connectivity index (χ2v) is 6.60. The first kappa shape index (κ1) is 17.0. The third-order valence-electron chi connectivity index (χ3n) is 3.63. The van der Waals surface area contributed by atoms with Crippen molar-refractivity contribution >= 4 is 23.1 Å². The number of ether oxygens (including phenoxy) is 1. The van der Waals surface area contributed by atoms with Gasteiger partial charge in [-0.2, -0.15) is 0 Å². The van der Waals surface area contributed by atoms with Crippen LogP contribution in [0.3, 0.4) is 0 Å². The molecule has 0 atom stereocenters. The molecule has 0 fully saturated rings. The lowest BCUT2D eigenvalue weighted by molar-refractivity contribution is -0.133. The number of ketones is 1. The molecule has 4 nitrogen and oxygen atoms in total. The zero-order chi connectivity index (χ0) is 17.8. The minimum atomic E-state index is -0.378. The van der Waals surface area contributed by atoms with Crippen molar-refractivity contribution in [3.05, 3.63) is 70.7 Å². The number of nitrogens with zero attached hydrogens (tertiary/aromatic N) is 1. The van der Waals surface area contributed by atoms with Crippen molar-refractivity contribution in [3.63, 3.8) is 0 Å². The van der Waals surface area contributed by atoms with Gasteiger partial charge in [-0.25, -0.2) is 4.98 Å². The van der Waals surface area contributed by atoms with Crippen LogP contribution in [0.4, 0.5) is 0 Å². The van der Waals surface area contributed by atoms with E-state index in [0.29, 0.717) is 17.0 Å². The summed E-state index contributed by atoms with van der Waals surface area (Å²) in [5, 5.41) is 2.76. The van der Waals surface area contributed by atoms with Gasteiger partial charge in [0.25, 0.3) is 0 Å². The third-order valence-corrected chi connectivity index (χ3v) is 4.57. The number of Topliss-reactive ketones (excluding diaryl/α,β-unsaturated/α-hetero) is 1. The average Bonchev–Trinajstić information content (AvgIpc) is 3.03. The number of carbonyl (C=O) groups is 2. The van der Waals surface area contributed by atoms with Crippen LogP contribution in [-0.4, -0.2) is 16.7 Å². The van der Waals surface area contributed by atoms with Gasteiger partial charge in [0.05, 0.1) is 12.1 Å². The third kappa shape index (κ3) is 4.39. The lowest BCUT2D eigenvalue weighted by atomic mass is 10.1. The first-order valence-electron chi connectivity index (χ1n) is 7.84. The summed E-state index contributed by atoms with van der Waals surface area (Å²) >= 11 is 1.51. The molecule has 0 amide bonds. The molecule has 0 aliphatic rings. The Hall–Kier alpha value is -2.79. The molecular weight excluding hydrogens is 334 g/mol. The van der Waals surface area contributed by atoms with Gasteiger partial charge in [0.15, 0.2) is 5.78 Å². The molecule has 3 aromatic rings. The number of hydrogen-bond donors (Lipinski definition) is 0. The fourth-order valence-electron chi connectivity index (χ4n) is 2.37. The quantitative estimate of drug-likeness (QED) is 0.387. The van der Waals surface area contributed by atoms with Gasteiger partial charge in [0, 0.05) is 16.5 Å². The maximum absolute atomic E-state index is 12.1. The molecule has 0 unspecified atom stereocenters. The predicted molar refractivity (Wildman–Crippen MR) is 98.1 cm³/mol. The largest absolute Gasteiger partial charge is 0.426 e. The highest BCUT2D eigenvalue weighted by molar-refractivity contribution is 7.13. The van der Waals surface area contributed by atoms with Crippen molar-refractivity contribution in [2.45, 2.75) is 20.3 Å². The van der Waals surface area contributed by atoms with Gasteiger partial charge in [0.2, 0.25) is 0 Å². The Morgan fingerprint density at radius 3 is 2.56 bits per heavy atom. The smallest absolute Gasteiger partial charge is 0.317 e. The van der Waals surface area contributed by atoms with Crippen LogP contribution >= 0.6 is 11.3 Å². The first-order chi connectivity index (χ1) is 12.0. The van der Waals surface area contributed by atoms with Crippen molar-refractivity contribution in [2.24, 2.45) is 0 Å². The maximum Gasteiger partial charge on any atom is 0.317 e. The Morgan fingerprint density at radius 2 is 1.88 bits per heavy atom. The standard InChI is InChI=1S/C20H17NO3S/c1-13-4-3-5-16(10-13)20-21-17(12-25-20)11-19(23)24-18-8-6-15(7-9-18)14(2)22/h3-10,12H,11H2,1-2H3. The molecule has 0 aliphatic heterocycles. The Kier molecular flexibility index (Phi) is 5.05. The first-order valence-corrected chi connectivity index (χ1v) is 8.72. The van der Waals surface area contributed by atoms with E-state index in [1.165, 1.54) is 23.8 Å². The SMILES string of the molecule is CC(=O)c1ccc(OC(=O)Cc2csc(-c3cccc(C)c3)n2)cc1. The lowest BCUT2D eigenvalue weighted by Gasteiger charge is -2.03. The molecule has 1 aromatic heterocycles. The van der Waals surface area contributed by atoms with Gasteiger partial charge in [0.1, 0.15) is 10.8 Å². The van der Waals surface area contributed by atoms with Crippen molar-refractivity contribution < 1.29 is 14.3 Å². The zero-order valence-corrected chi connectivity index (χ0v) is 14.8. The van der Waals surface area contributed by atoms with Gasteiger partial charge < -0.3 is 4.74 Å². The van der Waals surface area contributed by atoms with Crippen molar-refractivity contribution in [3.8, 4) is 16.3 Å². The molecule has 0 bridgehead atoms. The van der Waals surface area contributed by atoms with Crippen LogP contribution in [0, 0.1) is 6.92 Å². The van der Waals surface area contributed by atoms with Crippen LogP contribution in [0.25, 0.3) is 10.6 Å². The molecule has 5 heteroatoms. The minimum absolute atomic E-state index is 0.0240. The zero-order valence-electron chi connectivity index (χ0n) is 14.0. The summed E-state index contributed by atoms with van der Waals surface area (Å²) in [4.78, 5) is 27.8. The number of thiazole rings is 1. The Labute approximate surface area is 150 Å². The monoisotopic (exact) mass is 351 g/mol. The average molecular weight is 351 g/mol. The molecule has 0 radical (unpaired) electrons. The van der Waals surface area contributed by atoms with E-state index >= 15 is 0 Å². The fourth-order valence-corrected chi connectivity index (χ4v) is 3.19. The number of hydrogen-bond acceptors (Lipinski definition) is 5. The lowest BCUT2D eigenvalue weighted by Crippen LogP contribution is -2.11. The minimum Gasteiger partial charge on any atom is -0.426 e. The summed E-state index contributed by atoms with van der Waals surface area (Å²) in [5.41, 5.74) is 3.49. The topological polar surface area (TPSA) is 56.3 Å². The van der Waals surface area contributed by atoms with Gasteiger partial charge in [-0.1, -0.05) is 23.8 Å². The molecule has 0 saturated carbocycles. The second-order valence-electron chi connectivity index (χ2n) is 5.74. The summed E-state index contributed by atoms with van der Waals surface area (Å²) in [6.45, 7) is 3.53. The van der Waals surface area contributed by atoms with Crippen LogP contribution in [-0.2, 0) is 11.2 Å². The number of aryl methyl sites for hydroxylation is 1. The number of esters is 1. The number of rotatable bonds is 5. The Bertz CT molecular complexity index is 913. The highest BCUT2D eigenvalue weighted by atomic mass is 32.1. The van der Waals surface area contributed by atoms with Gasteiger partial charge >= 0.3 is 5.97 Å². The van der Waals surface area contributed by atoms with Gasteiger partial charge in [-0.15, -0.1) is 11.3 Å². The number of aromatic nitrogens is 1. The number of benzene rings is 2. The van der Waals surface area contributed by atoms with Gasteiger partial charge in [-0.05, 0) is 44.2 Å². The van der Waals surface area contributed by atoms with Gasteiger partial charge in [-0.3, -0.25) is 9.59 Å². The summed E-state index contributed by atoms with van der Waals surface area (Å²) in [6, 6.07) is 14.6. The van der Waals surface area contributed by atoms with E-state index in [2.05, 4.69) is 11.1 Å². The van der Waals surface area contributed by atoms with E-state index in [1.54, 1.807) is 24.3 Å². The fraction of sp³-hybridized carbons (Fsp3) is 0.150. The number of carbonyl (C=O) groups excluding carboxylic acids is 2. The molecule has 0 N–H and O–H groups in total. The summed E-state index contributed by atoms with van der Waals surface area (Å²) in [6.07, 6.45) is 0.108. The molecule has 0 saturated heterocycles. The summed E-state index contributed by atoms with van der Waals surface area (Å²) in [5.74, 6) is 0.0184.